The first-order chi connectivity index (χ1) is 20.5. The number of rotatable bonds is 7. The second kappa shape index (κ2) is 12.3. The molecule has 9 nitrogen and oxygen atoms in total. The second-order valence-electron chi connectivity index (χ2n) is 12.3. The van der Waals surface area contributed by atoms with E-state index in [0.717, 1.165) is 56.7 Å². The summed E-state index contributed by atoms with van der Waals surface area (Å²) < 4.78 is 6.33. The van der Waals surface area contributed by atoms with Crippen LogP contribution in [0.15, 0.2) is 30.9 Å². The summed E-state index contributed by atoms with van der Waals surface area (Å²) in [6.45, 7) is 10.4. The predicted molar refractivity (Wildman–Crippen MR) is 164 cm³/mol. The van der Waals surface area contributed by atoms with Crippen LogP contribution < -0.4 is 14.5 Å². The van der Waals surface area contributed by atoms with Crippen molar-refractivity contribution < 1.29 is 9.53 Å². The molecule has 0 N–H and O–H groups in total. The van der Waals surface area contributed by atoms with Gasteiger partial charge in [-0.2, -0.15) is 15.2 Å². The number of piperazine rings is 1. The van der Waals surface area contributed by atoms with Gasteiger partial charge in [0.2, 0.25) is 5.91 Å². The monoisotopic (exact) mass is 569 g/mol. The zero-order valence-corrected chi connectivity index (χ0v) is 25.1. The van der Waals surface area contributed by atoms with Crippen molar-refractivity contribution in [1.82, 2.24) is 19.8 Å². The zero-order valence-electron chi connectivity index (χ0n) is 25.1. The van der Waals surface area contributed by atoms with E-state index in [4.69, 9.17) is 14.7 Å². The van der Waals surface area contributed by atoms with Gasteiger partial charge in [0.25, 0.3) is 0 Å². The van der Waals surface area contributed by atoms with Gasteiger partial charge in [0, 0.05) is 55.9 Å². The fourth-order valence-corrected chi connectivity index (χ4v) is 7.49. The number of aromatic nitrogens is 2. The van der Waals surface area contributed by atoms with Crippen LogP contribution in [0.3, 0.4) is 0 Å². The van der Waals surface area contributed by atoms with Gasteiger partial charge in [0.15, 0.2) is 0 Å². The highest BCUT2D eigenvalue weighted by Crippen LogP contribution is 2.38. The number of likely N-dealkylation sites (N-methyl/N-ethyl adjacent to an activating group) is 1. The third kappa shape index (κ3) is 5.57. The Morgan fingerprint density at radius 2 is 2.02 bits per heavy atom. The summed E-state index contributed by atoms with van der Waals surface area (Å²) in [5.74, 6) is 0.793. The van der Waals surface area contributed by atoms with Gasteiger partial charge in [-0.3, -0.25) is 4.79 Å². The standard InChI is InChI=1S/C33H43N7O2/c1-4-30(41)39-19-18-38(21-26(39)14-15-34)32-28-13-12-25(40-17-6-10-24-9-5-8-23(2)31(24)40)20-29(28)35-33(36-32)42-22-27-11-7-16-37(27)3/h4-5,8-9,25-27H,1,6-7,10-14,16-22H2,2-3H3/t25?,26-,27-/m0/s1. The maximum absolute atomic E-state index is 12.5. The van der Waals surface area contributed by atoms with E-state index in [1.165, 1.54) is 41.3 Å². The highest BCUT2D eigenvalue weighted by atomic mass is 16.5. The van der Waals surface area contributed by atoms with Gasteiger partial charge in [-0.25, -0.2) is 0 Å². The molecular formula is C33H43N7O2. The van der Waals surface area contributed by atoms with Crippen LogP contribution in [-0.4, -0.2) is 90.2 Å². The van der Waals surface area contributed by atoms with Crippen LogP contribution in [0.2, 0.25) is 0 Å². The third-order valence-electron chi connectivity index (χ3n) is 9.74. The first-order valence-corrected chi connectivity index (χ1v) is 15.6. The summed E-state index contributed by atoms with van der Waals surface area (Å²) in [6, 6.07) is 9.97. The van der Waals surface area contributed by atoms with Crippen LogP contribution in [-0.2, 0) is 24.1 Å². The first kappa shape index (κ1) is 28.5. The normalized spacial score (nSPS) is 24.1. The molecule has 1 amide bonds. The van der Waals surface area contributed by atoms with E-state index in [1.807, 2.05) is 0 Å². The number of nitrogens with zero attached hydrogens (tertiary/aromatic N) is 7. The van der Waals surface area contributed by atoms with Crippen molar-refractivity contribution in [2.24, 2.45) is 0 Å². The summed E-state index contributed by atoms with van der Waals surface area (Å²) in [7, 11) is 2.16. The van der Waals surface area contributed by atoms with Crippen LogP contribution in [0.5, 0.6) is 6.01 Å². The van der Waals surface area contributed by atoms with Gasteiger partial charge in [-0.15, -0.1) is 0 Å². The zero-order chi connectivity index (χ0) is 29.2. The van der Waals surface area contributed by atoms with Gasteiger partial charge in [-0.05, 0) is 76.2 Å². The molecule has 4 aliphatic rings. The average Bonchev–Trinajstić information content (AvgIpc) is 3.43. The molecule has 2 fully saturated rings. The van der Waals surface area contributed by atoms with Crippen LogP contribution in [0.25, 0.3) is 0 Å². The first-order valence-electron chi connectivity index (χ1n) is 15.6. The molecule has 3 aliphatic heterocycles. The van der Waals surface area contributed by atoms with Crippen molar-refractivity contribution >= 4 is 17.4 Å². The number of ether oxygens (including phenoxy) is 1. The van der Waals surface area contributed by atoms with Crippen LogP contribution in [0, 0.1) is 18.3 Å². The minimum absolute atomic E-state index is 0.121. The minimum Gasteiger partial charge on any atom is -0.462 e. The van der Waals surface area contributed by atoms with Gasteiger partial charge >= 0.3 is 6.01 Å². The Hall–Kier alpha value is -3.64. The van der Waals surface area contributed by atoms with E-state index in [0.29, 0.717) is 44.3 Å². The number of carbonyl (C=O) groups is 1. The van der Waals surface area contributed by atoms with E-state index >= 15 is 0 Å². The smallest absolute Gasteiger partial charge is 0.318 e. The number of benzene rings is 1. The Labute approximate surface area is 249 Å². The number of aryl methyl sites for hydroxylation is 2. The molecule has 1 aliphatic carbocycles. The van der Waals surface area contributed by atoms with Crippen LogP contribution in [0.4, 0.5) is 11.5 Å². The Morgan fingerprint density at radius 1 is 1.14 bits per heavy atom. The fraction of sp³-hybridized carbons (Fsp3) is 0.576. The Kier molecular flexibility index (Phi) is 8.34. The SMILES string of the molecule is C=CC(=O)N1CCN(c2nc(OC[C@@H]3CCCN3C)nc3c2CCC(N2CCCc4cccc(C)c42)C3)C[C@@H]1CC#N. The van der Waals surface area contributed by atoms with Crippen molar-refractivity contribution in [2.45, 2.75) is 76.4 Å². The van der Waals surface area contributed by atoms with Crippen molar-refractivity contribution in [3.63, 3.8) is 0 Å². The number of carbonyl (C=O) groups excluding carboxylic acids is 1. The number of anilines is 2. The largest absolute Gasteiger partial charge is 0.462 e. The molecule has 9 heteroatoms. The van der Waals surface area contributed by atoms with Crippen LogP contribution >= 0.6 is 0 Å². The van der Waals surface area contributed by atoms with Gasteiger partial charge < -0.3 is 24.3 Å². The maximum Gasteiger partial charge on any atom is 0.318 e. The molecule has 1 aromatic heterocycles. The van der Waals surface area contributed by atoms with Gasteiger partial charge in [0.1, 0.15) is 12.4 Å². The molecule has 2 saturated heterocycles. The van der Waals surface area contributed by atoms with E-state index in [9.17, 15) is 10.1 Å². The Balaban J connectivity index is 1.31. The highest BCUT2D eigenvalue weighted by Gasteiger charge is 2.35. The molecule has 2 aromatic rings. The quantitative estimate of drug-likeness (QED) is 0.467. The molecule has 0 bridgehead atoms. The van der Waals surface area contributed by atoms with Crippen molar-refractivity contribution in [3.8, 4) is 12.1 Å². The fourth-order valence-electron chi connectivity index (χ4n) is 7.49. The number of amides is 1. The maximum atomic E-state index is 12.5. The van der Waals surface area contributed by atoms with E-state index in [-0.39, 0.29) is 18.4 Å². The number of para-hydroxylation sites is 1. The lowest BCUT2D eigenvalue weighted by Gasteiger charge is -2.43. The van der Waals surface area contributed by atoms with Crippen LogP contribution in [0.1, 0.15) is 54.5 Å². The topological polar surface area (TPSA) is 88.8 Å². The number of nitriles is 1. The van der Waals surface area contributed by atoms with Crippen molar-refractivity contribution in [2.75, 3.05) is 56.2 Å². The number of fused-ring (bicyclic) bond motifs is 2. The van der Waals surface area contributed by atoms with Crippen molar-refractivity contribution in [3.05, 3.63) is 53.2 Å². The summed E-state index contributed by atoms with van der Waals surface area (Å²) in [6.07, 6.45) is 9.04. The molecule has 42 heavy (non-hydrogen) atoms. The summed E-state index contributed by atoms with van der Waals surface area (Å²) in [5, 5.41) is 9.53. The third-order valence-corrected chi connectivity index (χ3v) is 9.74. The summed E-state index contributed by atoms with van der Waals surface area (Å²) in [4.78, 5) is 31.6. The minimum atomic E-state index is -0.208. The summed E-state index contributed by atoms with van der Waals surface area (Å²) >= 11 is 0. The highest BCUT2D eigenvalue weighted by molar-refractivity contribution is 5.87. The van der Waals surface area contributed by atoms with Gasteiger partial charge in [-0.1, -0.05) is 24.8 Å². The lowest BCUT2D eigenvalue weighted by atomic mass is 9.88. The molecule has 6 rings (SSSR count). The second-order valence-corrected chi connectivity index (χ2v) is 12.3. The number of hydrogen-bond donors (Lipinski definition) is 0. The predicted octanol–water partition coefficient (Wildman–Crippen LogP) is 3.69. The van der Waals surface area contributed by atoms with E-state index in [1.54, 1.807) is 4.90 Å². The molecule has 3 atom stereocenters. The van der Waals surface area contributed by atoms with E-state index < -0.39 is 0 Å². The Bertz CT molecular complexity index is 1370. The summed E-state index contributed by atoms with van der Waals surface area (Å²) in [5.41, 5.74) is 6.48. The van der Waals surface area contributed by atoms with Crippen molar-refractivity contribution in [1.29, 1.82) is 5.26 Å². The molecule has 0 spiro atoms. The molecule has 4 heterocycles. The molecule has 0 saturated carbocycles. The molecular weight excluding hydrogens is 526 g/mol. The number of likely N-dealkylation sites (tertiary alicyclic amines) is 1. The molecule has 0 radical (unpaired) electrons. The lowest BCUT2D eigenvalue weighted by molar-refractivity contribution is -0.128. The molecule has 1 unspecified atom stereocenters. The average molecular weight is 570 g/mol. The lowest BCUT2D eigenvalue weighted by Crippen LogP contribution is -2.55. The van der Waals surface area contributed by atoms with Gasteiger partial charge in [0.05, 0.1) is 24.2 Å². The molecule has 222 valence electrons. The molecule has 1 aromatic carbocycles. The Morgan fingerprint density at radius 3 is 2.81 bits per heavy atom. The number of hydrogen-bond acceptors (Lipinski definition) is 8. The van der Waals surface area contributed by atoms with E-state index in [2.05, 4.69) is 59.5 Å².